The Balaban J connectivity index is 2.09. The van der Waals surface area contributed by atoms with Crippen molar-refractivity contribution in [1.29, 1.82) is 0 Å². The van der Waals surface area contributed by atoms with Crippen LogP contribution in [-0.4, -0.2) is 5.11 Å². The van der Waals surface area contributed by atoms with Gasteiger partial charge in [0.15, 0.2) is 0 Å². The first-order chi connectivity index (χ1) is 8.66. The molecule has 0 bridgehead atoms. The van der Waals surface area contributed by atoms with Gasteiger partial charge in [0.2, 0.25) is 0 Å². The maximum absolute atomic E-state index is 9.98. The van der Waals surface area contributed by atoms with Crippen molar-refractivity contribution in [3.05, 3.63) is 71.3 Å². The Labute approximate surface area is 109 Å². The average molecular weight is 240 g/mol. The van der Waals surface area contributed by atoms with E-state index in [0.717, 1.165) is 12.0 Å². The highest BCUT2D eigenvalue weighted by atomic mass is 16.3. The summed E-state index contributed by atoms with van der Waals surface area (Å²) >= 11 is 0. The van der Waals surface area contributed by atoms with Crippen LogP contribution >= 0.6 is 0 Å². The summed E-state index contributed by atoms with van der Waals surface area (Å²) in [6.45, 7) is 4.06. The van der Waals surface area contributed by atoms with E-state index in [2.05, 4.69) is 36.4 Å². The standard InChI is InChI=1S/C17H20O/c1-13(2)17(18)16-10-8-15(9-11-16)12-14-6-4-3-5-7-14/h3-11,13,17-18H,12H2,1-2H3. The second-order valence-corrected chi connectivity index (χ2v) is 5.09. The first-order valence-corrected chi connectivity index (χ1v) is 6.47. The molecule has 0 aliphatic heterocycles. The smallest absolute Gasteiger partial charge is 0.0812 e. The minimum Gasteiger partial charge on any atom is -0.388 e. The Hall–Kier alpha value is -1.60. The Bertz CT molecular complexity index is 471. The number of hydrogen-bond donors (Lipinski definition) is 1. The van der Waals surface area contributed by atoms with E-state index >= 15 is 0 Å². The molecule has 0 aliphatic rings. The van der Waals surface area contributed by atoms with Crippen molar-refractivity contribution in [3.63, 3.8) is 0 Å². The van der Waals surface area contributed by atoms with E-state index in [9.17, 15) is 5.11 Å². The number of rotatable bonds is 4. The third kappa shape index (κ3) is 3.21. The lowest BCUT2D eigenvalue weighted by atomic mass is 9.97. The van der Waals surface area contributed by atoms with E-state index < -0.39 is 0 Å². The highest BCUT2D eigenvalue weighted by molar-refractivity contribution is 5.29. The molecule has 1 unspecified atom stereocenters. The van der Waals surface area contributed by atoms with Gasteiger partial charge in [-0.2, -0.15) is 0 Å². The molecule has 0 saturated carbocycles. The van der Waals surface area contributed by atoms with Crippen LogP contribution in [0.15, 0.2) is 54.6 Å². The second-order valence-electron chi connectivity index (χ2n) is 5.09. The molecule has 2 aromatic carbocycles. The predicted octanol–water partition coefficient (Wildman–Crippen LogP) is 3.97. The van der Waals surface area contributed by atoms with Crippen LogP contribution in [0, 0.1) is 5.92 Å². The Morgan fingerprint density at radius 2 is 1.39 bits per heavy atom. The van der Waals surface area contributed by atoms with E-state index in [1.807, 2.05) is 32.0 Å². The summed E-state index contributed by atoms with van der Waals surface area (Å²) in [5.74, 6) is 0.255. The molecular weight excluding hydrogens is 220 g/mol. The van der Waals surface area contributed by atoms with Gasteiger partial charge in [0.1, 0.15) is 0 Å². The van der Waals surface area contributed by atoms with E-state index in [-0.39, 0.29) is 12.0 Å². The van der Waals surface area contributed by atoms with Crippen LogP contribution in [0.5, 0.6) is 0 Å². The molecule has 1 nitrogen and oxygen atoms in total. The van der Waals surface area contributed by atoms with Gasteiger partial charge in [0.25, 0.3) is 0 Å². The number of hydrogen-bond acceptors (Lipinski definition) is 1. The monoisotopic (exact) mass is 240 g/mol. The minimum atomic E-state index is -0.365. The molecule has 2 rings (SSSR count). The second kappa shape index (κ2) is 5.83. The molecule has 0 aliphatic carbocycles. The Kier molecular flexibility index (Phi) is 4.16. The molecule has 2 aromatic rings. The molecule has 0 heterocycles. The topological polar surface area (TPSA) is 20.2 Å². The highest BCUT2D eigenvalue weighted by Gasteiger charge is 2.11. The van der Waals surface area contributed by atoms with E-state index in [1.165, 1.54) is 11.1 Å². The summed E-state index contributed by atoms with van der Waals surface area (Å²) in [5.41, 5.74) is 3.59. The fourth-order valence-corrected chi connectivity index (χ4v) is 2.05. The van der Waals surface area contributed by atoms with Crippen LogP contribution in [0.3, 0.4) is 0 Å². The van der Waals surface area contributed by atoms with Gasteiger partial charge in [-0.05, 0) is 29.0 Å². The van der Waals surface area contributed by atoms with Crippen LogP contribution in [0.2, 0.25) is 0 Å². The zero-order chi connectivity index (χ0) is 13.0. The lowest BCUT2D eigenvalue weighted by Gasteiger charge is -2.15. The van der Waals surface area contributed by atoms with Crippen molar-refractivity contribution in [3.8, 4) is 0 Å². The summed E-state index contributed by atoms with van der Waals surface area (Å²) in [4.78, 5) is 0. The number of aliphatic hydroxyl groups is 1. The first-order valence-electron chi connectivity index (χ1n) is 6.47. The molecule has 1 N–H and O–H groups in total. The fraction of sp³-hybridized carbons (Fsp3) is 0.294. The summed E-state index contributed by atoms with van der Waals surface area (Å²) < 4.78 is 0. The van der Waals surface area contributed by atoms with E-state index in [4.69, 9.17) is 0 Å². The van der Waals surface area contributed by atoms with Gasteiger partial charge in [-0.15, -0.1) is 0 Å². The summed E-state index contributed by atoms with van der Waals surface area (Å²) in [7, 11) is 0. The van der Waals surface area contributed by atoms with Crippen LogP contribution in [0.4, 0.5) is 0 Å². The SMILES string of the molecule is CC(C)C(O)c1ccc(Cc2ccccc2)cc1. The predicted molar refractivity (Wildman–Crippen MR) is 75.5 cm³/mol. The van der Waals surface area contributed by atoms with Gasteiger partial charge in [-0.1, -0.05) is 68.4 Å². The zero-order valence-electron chi connectivity index (χ0n) is 11.0. The third-order valence-corrected chi connectivity index (χ3v) is 3.20. The molecule has 0 fully saturated rings. The molecule has 0 saturated heterocycles. The largest absolute Gasteiger partial charge is 0.388 e. The van der Waals surface area contributed by atoms with Gasteiger partial charge in [-0.25, -0.2) is 0 Å². The molecule has 0 spiro atoms. The average Bonchev–Trinajstić information content (AvgIpc) is 2.40. The Morgan fingerprint density at radius 3 is 1.94 bits per heavy atom. The maximum Gasteiger partial charge on any atom is 0.0812 e. The molecule has 0 amide bonds. The molecule has 0 aromatic heterocycles. The van der Waals surface area contributed by atoms with Crippen molar-refractivity contribution in [1.82, 2.24) is 0 Å². The van der Waals surface area contributed by atoms with Gasteiger partial charge in [-0.3, -0.25) is 0 Å². The summed E-state index contributed by atoms with van der Waals surface area (Å²) in [5, 5.41) is 9.98. The highest BCUT2D eigenvalue weighted by Crippen LogP contribution is 2.22. The summed E-state index contributed by atoms with van der Waals surface area (Å²) in [6.07, 6.45) is 0.578. The molecule has 1 atom stereocenters. The molecular formula is C17H20O. The molecule has 1 heteroatoms. The van der Waals surface area contributed by atoms with Crippen LogP contribution in [0.1, 0.15) is 36.6 Å². The minimum absolute atomic E-state index is 0.255. The number of benzene rings is 2. The lowest BCUT2D eigenvalue weighted by molar-refractivity contribution is 0.127. The summed E-state index contributed by atoms with van der Waals surface area (Å²) in [6, 6.07) is 18.7. The quantitative estimate of drug-likeness (QED) is 0.857. The van der Waals surface area contributed by atoms with Crippen molar-refractivity contribution in [2.75, 3.05) is 0 Å². The van der Waals surface area contributed by atoms with Crippen LogP contribution < -0.4 is 0 Å². The third-order valence-electron chi connectivity index (χ3n) is 3.20. The van der Waals surface area contributed by atoms with Crippen LogP contribution in [0.25, 0.3) is 0 Å². The fourth-order valence-electron chi connectivity index (χ4n) is 2.05. The van der Waals surface area contributed by atoms with Gasteiger partial charge >= 0.3 is 0 Å². The van der Waals surface area contributed by atoms with Crippen LogP contribution in [-0.2, 0) is 6.42 Å². The van der Waals surface area contributed by atoms with Gasteiger partial charge < -0.3 is 5.11 Å². The Morgan fingerprint density at radius 1 is 0.833 bits per heavy atom. The van der Waals surface area contributed by atoms with Gasteiger partial charge in [0.05, 0.1) is 6.10 Å². The first kappa shape index (κ1) is 12.8. The van der Waals surface area contributed by atoms with Crippen molar-refractivity contribution < 1.29 is 5.11 Å². The van der Waals surface area contributed by atoms with Crippen molar-refractivity contribution in [2.45, 2.75) is 26.4 Å². The van der Waals surface area contributed by atoms with Crippen molar-refractivity contribution in [2.24, 2.45) is 5.92 Å². The van der Waals surface area contributed by atoms with Gasteiger partial charge in [0, 0.05) is 0 Å². The molecule has 18 heavy (non-hydrogen) atoms. The lowest BCUT2D eigenvalue weighted by Crippen LogP contribution is -2.05. The zero-order valence-corrected chi connectivity index (χ0v) is 11.0. The normalized spacial score (nSPS) is 12.7. The molecule has 94 valence electrons. The molecule has 0 radical (unpaired) electrons. The van der Waals surface area contributed by atoms with E-state index in [0.29, 0.717) is 0 Å². The van der Waals surface area contributed by atoms with E-state index in [1.54, 1.807) is 0 Å². The van der Waals surface area contributed by atoms with Crippen molar-refractivity contribution >= 4 is 0 Å². The maximum atomic E-state index is 9.98. The number of aliphatic hydroxyl groups excluding tert-OH is 1.